The van der Waals surface area contributed by atoms with Crippen molar-refractivity contribution in [2.75, 3.05) is 7.11 Å². The molecular weight excluding hydrogens is 294 g/mol. The van der Waals surface area contributed by atoms with Crippen molar-refractivity contribution in [1.82, 2.24) is 4.72 Å². The Kier molecular flexibility index (Phi) is 5.54. The quantitative estimate of drug-likeness (QED) is 0.618. The molecule has 1 aromatic carbocycles. The van der Waals surface area contributed by atoms with E-state index < -0.39 is 16.0 Å². The second-order valence-electron chi connectivity index (χ2n) is 4.16. The predicted molar refractivity (Wildman–Crippen MR) is 78.5 cm³/mol. The summed E-state index contributed by atoms with van der Waals surface area (Å²) < 4.78 is 31.5. The molecule has 0 aliphatic heterocycles. The summed E-state index contributed by atoms with van der Waals surface area (Å²) in [4.78, 5) is 10.9. The molecule has 0 atom stereocenters. The summed E-state index contributed by atoms with van der Waals surface area (Å²) in [6.45, 7) is 3.04. The molecule has 0 spiro atoms. The van der Waals surface area contributed by atoms with Crippen molar-refractivity contribution >= 4 is 16.0 Å². The average molecular weight is 311 g/mol. The minimum Gasteiger partial charge on any atom is -0.497 e. The molecule has 6 nitrogen and oxygen atoms in total. The highest BCUT2D eigenvalue weighted by Gasteiger charge is 2.14. The molecule has 0 heterocycles. The number of benzene rings is 1. The minimum atomic E-state index is -3.76. The van der Waals surface area contributed by atoms with Crippen molar-refractivity contribution in [3.8, 4) is 5.75 Å². The molecule has 0 bridgehead atoms. The summed E-state index contributed by atoms with van der Waals surface area (Å²) in [5.41, 5.74) is 0.214. The molecular formula is C14H17NO5S. The van der Waals surface area contributed by atoms with E-state index in [1.807, 2.05) is 0 Å². The van der Waals surface area contributed by atoms with Crippen LogP contribution >= 0.6 is 0 Å². The van der Waals surface area contributed by atoms with E-state index >= 15 is 0 Å². The molecule has 2 N–H and O–H groups in total. The molecule has 0 radical (unpaired) electrons. The number of allylic oxidation sites excluding steroid dienone is 2. The zero-order valence-corrected chi connectivity index (χ0v) is 12.8. The van der Waals surface area contributed by atoms with Crippen LogP contribution in [0.5, 0.6) is 5.75 Å². The lowest BCUT2D eigenvalue weighted by molar-refractivity contribution is -0.132. The van der Waals surface area contributed by atoms with E-state index in [9.17, 15) is 13.2 Å². The summed E-state index contributed by atoms with van der Waals surface area (Å²) in [5, 5.41) is 8.89. The molecule has 1 rings (SSSR count). The van der Waals surface area contributed by atoms with Gasteiger partial charge < -0.3 is 9.84 Å². The van der Waals surface area contributed by atoms with Crippen molar-refractivity contribution in [3.63, 3.8) is 0 Å². The third-order valence-corrected chi connectivity index (χ3v) is 4.08. The van der Waals surface area contributed by atoms with Crippen molar-refractivity contribution in [3.05, 3.63) is 47.7 Å². The van der Waals surface area contributed by atoms with Gasteiger partial charge in [0.15, 0.2) is 0 Å². The molecule has 0 aliphatic rings. The molecule has 21 heavy (non-hydrogen) atoms. The minimum absolute atomic E-state index is 0.00457. The van der Waals surface area contributed by atoms with Crippen LogP contribution in [0, 0.1) is 0 Å². The standard InChI is InChI=1S/C14H17NO5S/c1-4-11(14(16)17)9-10(2)15-21(18,19)13-7-5-12(20-3)6-8-13/h4-9,15H,1-3H3,(H,16,17)/b10-9+,11-4+. The number of nitrogens with one attached hydrogen (secondary N) is 1. The first kappa shape index (κ1) is 16.8. The first-order valence-electron chi connectivity index (χ1n) is 6.05. The number of methoxy groups -OCH3 is 1. The summed E-state index contributed by atoms with van der Waals surface area (Å²) in [6, 6.07) is 5.87. The summed E-state index contributed by atoms with van der Waals surface area (Å²) >= 11 is 0. The van der Waals surface area contributed by atoms with Crippen LogP contribution in [0.25, 0.3) is 0 Å². The van der Waals surface area contributed by atoms with Gasteiger partial charge in [0.25, 0.3) is 10.0 Å². The van der Waals surface area contributed by atoms with Crippen LogP contribution in [0.2, 0.25) is 0 Å². The Hall–Kier alpha value is -2.28. The second kappa shape index (κ2) is 6.94. The second-order valence-corrected chi connectivity index (χ2v) is 5.84. The SMILES string of the molecule is C/C=C(\C=C(/C)NS(=O)(=O)c1ccc(OC)cc1)C(=O)O. The molecule has 0 aromatic heterocycles. The van der Waals surface area contributed by atoms with E-state index in [0.29, 0.717) is 5.75 Å². The highest BCUT2D eigenvalue weighted by Crippen LogP contribution is 2.16. The molecule has 0 saturated heterocycles. The monoisotopic (exact) mass is 311 g/mol. The lowest BCUT2D eigenvalue weighted by Gasteiger charge is -2.09. The Balaban J connectivity index is 2.99. The number of rotatable bonds is 6. The Bertz CT molecular complexity index is 672. The smallest absolute Gasteiger partial charge is 0.335 e. The maximum atomic E-state index is 12.1. The Morgan fingerprint density at radius 1 is 1.29 bits per heavy atom. The van der Waals surface area contributed by atoms with E-state index in [-0.39, 0.29) is 16.2 Å². The molecule has 0 unspecified atom stereocenters. The Labute approximate surface area is 123 Å². The van der Waals surface area contributed by atoms with Gasteiger partial charge in [0, 0.05) is 5.70 Å². The fourth-order valence-electron chi connectivity index (χ4n) is 1.56. The lowest BCUT2D eigenvalue weighted by Crippen LogP contribution is -2.22. The zero-order chi connectivity index (χ0) is 16.0. The van der Waals surface area contributed by atoms with Crippen LogP contribution in [-0.4, -0.2) is 26.6 Å². The molecule has 0 aliphatic carbocycles. The summed E-state index contributed by atoms with van der Waals surface area (Å²) in [5.74, 6) is -0.580. The third-order valence-electron chi connectivity index (χ3n) is 2.60. The molecule has 0 fully saturated rings. The number of carboxylic acids is 1. The van der Waals surface area contributed by atoms with Gasteiger partial charge in [0.05, 0.1) is 17.6 Å². The maximum Gasteiger partial charge on any atom is 0.335 e. The average Bonchev–Trinajstić information content (AvgIpc) is 2.44. The number of carbonyl (C=O) groups is 1. The van der Waals surface area contributed by atoms with Crippen LogP contribution < -0.4 is 9.46 Å². The van der Waals surface area contributed by atoms with Gasteiger partial charge in [-0.1, -0.05) is 6.08 Å². The number of hydrogen-bond donors (Lipinski definition) is 2. The first-order chi connectivity index (χ1) is 9.80. The van der Waals surface area contributed by atoms with Gasteiger partial charge in [-0.2, -0.15) is 0 Å². The van der Waals surface area contributed by atoms with E-state index in [4.69, 9.17) is 9.84 Å². The Morgan fingerprint density at radius 2 is 1.86 bits per heavy atom. The molecule has 0 amide bonds. The first-order valence-corrected chi connectivity index (χ1v) is 7.53. The molecule has 1 aromatic rings. The fraction of sp³-hybridized carbons (Fsp3) is 0.214. The van der Waals surface area contributed by atoms with Gasteiger partial charge in [0.2, 0.25) is 0 Å². The van der Waals surface area contributed by atoms with Crippen LogP contribution in [0.15, 0.2) is 52.6 Å². The van der Waals surface area contributed by atoms with E-state index in [2.05, 4.69) is 4.72 Å². The van der Waals surface area contributed by atoms with Crippen LogP contribution in [0.4, 0.5) is 0 Å². The highest BCUT2D eigenvalue weighted by atomic mass is 32.2. The van der Waals surface area contributed by atoms with Crippen molar-refractivity contribution in [2.24, 2.45) is 0 Å². The van der Waals surface area contributed by atoms with Crippen molar-refractivity contribution in [1.29, 1.82) is 0 Å². The fourth-order valence-corrected chi connectivity index (χ4v) is 2.65. The van der Waals surface area contributed by atoms with E-state index in [1.165, 1.54) is 50.5 Å². The largest absolute Gasteiger partial charge is 0.497 e. The maximum absolute atomic E-state index is 12.1. The summed E-state index contributed by atoms with van der Waals surface area (Å²) in [6.07, 6.45) is 2.64. The van der Waals surface area contributed by atoms with Crippen LogP contribution in [-0.2, 0) is 14.8 Å². The van der Waals surface area contributed by atoms with Crippen molar-refractivity contribution in [2.45, 2.75) is 18.7 Å². The lowest BCUT2D eigenvalue weighted by atomic mass is 10.2. The van der Waals surface area contributed by atoms with Gasteiger partial charge in [-0.25, -0.2) is 13.2 Å². The highest BCUT2D eigenvalue weighted by molar-refractivity contribution is 7.89. The zero-order valence-electron chi connectivity index (χ0n) is 12.0. The van der Waals surface area contributed by atoms with Crippen LogP contribution in [0.3, 0.4) is 0 Å². The number of carboxylic acid groups (broad SMARTS) is 1. The number of aliphatic carboxylic acids is 1. The number of ether oxygens (including phenoxy) is 1. The van der Waals surface area contributed by atoms with E-state index in [1.54, 1.807) is 6.92 Å². The predicted octanol–water partition coefficient (Wildman–Crippen LogP) is 1.91. The normalized spacial score (nSPS) is 12.9. The van der Waals surface area contributed by atoms with Crippen LogP contribution in [0.1, 0.15) is 13.8 Å². The van der Waals surface area contributed by atoms with Gasteiger partial charge in [-0.15, -0.1) is 0 Å². The van der Waals surface area contributed by atoms with E-state index in [0.717, 1.165) is 0 Å². The topological polar surface area (TPSA) is 92.7 Å². The molecule has 7 heteroatoms. The van der Waals surface area contributed by atoms with Crippen molar-refractivity contribution < 1.29 is 23.1 Å². The van der Waals surface area contributed by atoms with Gasteiger partial charge in [-0.3, -0.25) is 4.72 Å². The number of sulfonamides is 1. The summed E-state index contributed by atoms with van der Waals surface area (Å²) in [7, 11) is -2.27. The molecule has 0 saturated carbocycles. The number of hydrogen-bond acceptors (Lipinski definition) is 4. The molecule has 114 valence electrons. The van der Waals surface area contributed by atoms with Gasteiger partial charge >= 0.3 is 5.97 Å². The Morgan fingerprint density at radius 3 is 2.29 bits per heavy atom. The van der Waals surface area contributed by atoms with Gasteiger partial charge in [-0.05, 0) is 44.2 Å². The van der Waals surface area contributed by atoms with Gasteiger partial charge in [0.1, 0.15) is 5.75 Å². The third kappa shape index (κ3) is 4.64.